The largest absolute Gasteiger partial charge is 0.497 e. The number of carbonyl (C=O) groups is 1. The predicted octanol–water partition coefficient (Wildman–Crippen LogP) is 7.76. The highest BCUT2D eigenvalue weighted by Gasteiger charge is 2.25. The molecule has 4 rings (SSSR count). The Morgan fingerprint density at radius 1 is 1.02 bits per heavy atom. The molecular weight excluding hydrogens is 608 g/mol. The van der Waals surface area contributed by atoms with Crippen molar-refractivity contribution < 1.29 is 38.0 Å². The van der Waals surface area contributed by atoms with Crippen LogP contribution in [-0.4, -0.2) is 70.2 Å². The number of cyclic esters (lactones) is 1. The average molecular weight is 663 g/mol. The van der Waals surface area contributed by atoms with Crippen LogP contribution in [0.25, 0.3) is 0 Å². The van der Waals surface area contributed by atoms with E-state index >= 15 is 0 Å². The molecule has 0 spiro atoms. The van der Waals surface area contributed by atoms with Gasteiger partial charge in [0, 0.05) is 19.6 Å². The minimum atomic E-state index is -0.617. The summed E-state index contributed by atoms with van der Waals surface area (Å²) in [6.07, 6.45) is 21.5. The van der Waals surface area contributed by atoms with Gasteiger partial charge in [-0.1, -0.05) is 85.4 Å². The Kier molecular flexibility index (Phi) is 15.9. The Labute approximate surface area is 287 Å². The van der Waals surface area contributed by atoms with Crippen molar-refractivity contribution in [3.05, 3.63) is 102 Å². The molecule has 3 aliphatic heterocycles. The molecule has 2 bridgehead atoms. The number of fused-ring (bicyclic) bond motifs is 2. The van der Waals surface area contributed by atoms with E-state index in [0.29, 0.717) is 38.4 Å². The zero-order chi connectivity index (χ0) is 34.1. The van der Waals surface area contributed by atoms with E-state index in [9.17, 15) is 4.79 Å². The zero-order valence-corrected chi connectivity index (χ0v) is 29.1. The van der Waals surface area contributed by atoms with Crippen molar-refractivity contribution in [3.8, 4) is 5.75 Å². The molecule has 0 N–H and O–H groups in total. The molecule has 262 valence electrons. The topological polar surface area (TPSA) is 81.7 Å². The maximum Gasteiger partial charge on any atom is 0.330 e. The van der Waals surface area contributed by atoms with Crippen molar-refractivity contribution in [2.45, 2.75) is 102 Å². The lowest BCUT2D eigenvalue weighted by atomic mass is 9.91. The van der Waals surface area contributed by atoms with Crippen LogP contribution in [-0.2, 0) is 39.8 Å². The van der Waals surface area contributed by atoms with Gasteiger partial charge in [0.15, 0.2) is 0 Å². The monoisotopic (exact) mass is 662 g/mol. The number of hydrogen-bond acceptors (Lipinski definition) is 8. The fraction of sp³-hybridized carbons (Fsp3) is 0.525. The second kappa shape index (κ2) is 20.3. The molecule has 7 atom stereocenters. The van der Waals surface area contributed by atoms with Crippen LogP contribution in [0, 0.1) is 5.92 Å². The first kappa shape index (κ1) is 37.5. The maximum absolute atomic E-state index is 13.3. The van der Waals surface area contributed by atoms with Crippen LogP contribution in [0.2, 0.25) is 0 Å². The smallest absolute Gasteiger partial charge is 0.330 e. The van der Waals surface area contributed by atoms with Gasteiger partial charge in [0.1, 0.15) is 24.8 Å². The van der Waals surface area contributed by atoms with Gasteiger partial charge in [-0.15, -0.1) is 0 Å². The third-order valence-corrected chi connectivity index (χ3v) is 8.67. The van der Waals surface area contributed by atoms with Crippen molar-refractivity contribution in [2.24, 2.45) is 5.92 Å². The van der Waals surface area contributed by atoms with E-state index in [1.54, 1.807) is 14.2 Å². The summed E-state index contributed by atoms with van der Waals surface area (Å²) in [6, 6.07) is 7.74. The van der Waals surface area contributed by atoms with Crippen LogP contribution >= 0.6 is 0 Å². The molecule has 3 heterocycles. The first-order chi connectivity index (χ1) is 23.3. The lowest BCUT2D eigenvalue weighted by Crippen LogP contribution is -2.32. The molecule has 0 amide bonds. The van der Waals surface area contributed by atoms with E-state index in [4.69, 9.17) is 33.2 Å². The minimum Gasteiger partial charge on any atom is -0.497 e. The second-order valence-electron chi connectivity index (χ2n) is 13.0. The third-order valence-electron chi connectivity index (χ3n) is 8.67. The third kappa shape index (κ3) is 13.3. The Morgan fingerprint density at radius 3 is 2.60 bits per heavy atom. The number of benzene rings is 1. The van der Waals surface area contributed by atoms with E-state index in [1.165, 1.54) is 11.6 Å². The highest BCUT2D eigenvalue weighted by atomic mass is 16.7. The number of carbonyl (C=O) groups excluding carboxylic acids is 1. The van der Waals surface area contributed by atoms with Crippen LogP contribution in [0.1, 0.15) is 64.4 Å². The van der Waals surface area contributed by atoms with Crippen LogP contribution in [0.4, 0.5) is 0 Å². The number of esters is 1. The van der Waals surface area contributed by atoms with E-state index in [-0.39, 0.29) is 31.2 Å². The minimum absolute atomic E-state index is 0.0795. The molecule has 0 saturated heterocycles. The average Bonchev–Trinajstić information content (AvgIpc) is 3.06. The van der Waals surface area contributed by atoms with E-state index in [2.05, 4.69) is 38.7 Å². The van der Waals surface area contributed by atoms with Gasteiger partial charge in [-0.2, -0.15) is 0 Å². The molecule has 8 heteroatoms. The van der Waals surface area contributed by atoms with Crippen molar-refractivity contribution in [2.75, 3.05) is 27.6 Å². The molecule has 3 aliphatic rings. The fourth-order valence-electron chi connectivity index (χ4n) is 6.18. The van der Waals surface area contributed by atoms with Gasteiger partial charge in [0.05, 0.1) is 44.7 Å². The van der Waals surface area contributed by atoms with E-state index < -0.39 is 18.2 Å². The molecule has 1 aromatic carbocycles. The highest BCUT2D eigenvalue weighted by molar-refractivity contribution is 5.82. The van der Waals surface area contributed by atoms with Gasteiger partial charge in [0.2, 0.25) is 0 Å². The number of rotatable bonds is 10. The molecule has 48 heavy (non-hydrogen) atoms. The second-order valence-corrected chi connectivity index (χ2v) is 13.0. The number of hydrogen-bond donors (Lipinski definition) is 0. The quantitative estimate of drug-likeness (QED) is 0.143. The first-order valence-corrected chi connectivity index (χ1v) is 17.1. The fourth-order valence-corrected chi connectivity index (χ4v) is 6.18. The molecule has 1 unspecified atom stereocenters. The van der Waals surface area contributed by atoms with Crippen molar-refractivity contribution in [1.82, 2.24) is 0 Å². The van der Waals surface area contributed by atoms with Gasteiger partial charge in [-0.25, -0.2) is 4.79 Å². The summed E-state index contributed by atoms with van der Waals surface area (Å²) in [6.45, 7) is 9.79. The van der Waals surface area contributed by atoms with Gasteiger partial charge in [-0.3, -0.25) is 0 Å². The molecule has 1 aromatic rings. The van der Waals surface area contributed by atoms with Crippen LogP contribution < -0.4 is 4.74 Å². The molecule has 0 aliphatic carbocycles. The Balaban J connectivity index is 1.59. The zero-order valence-electron chi connectivity index (χ0n) is 29.1. The Morgan fingerprint density at radius 2 is 1.83 bits per heavy atom. The Bertz CT molecular complexity index is 1290. The standard InChI is InChI=1S/C40H54O8/c1-29-21-22-44-36(24-29)19-20-38(45-27-32-15-17-33(43-5)18-16-32)39-13-7-11-35(46-28-42-4)25-30(2)23-31(3)26-37-12-6-9-34(47-37)10-8-14-40(41)48-39/h6-9,11,14-21,31,34-39H,2,10,12-13,22-28H2,1,3-5H3/b11-7+,14-8+,20-19+/t31-,34-,35+,36+,37-,38-,39?/m0/s1. The van der Waals surface area contributed by atoms with Gasteiger partial charge >= 0.3 is 5.97 Å². The summed E-state index contributed by atoms with van der Waals surface area (Å²) in [5.74, 6) is 0.757. The summed E-state index contributed by atoms with van der Waals surface area (Å²) in [4.78, 5) is 13.3. The summed E-state index contributed by atoms with van der Waals surface area (Å²) in [5.41, 5.74) is 3.37. The van der Waals surface area contributed by atoms with Crippen molar-refractivity contribution in [3.63, 3.8) is 0 Å². The maximum atomic E-state index is 13.3. The molecular formula is C40H54O8. The molecule has 0 fully saturated rings. The molecule has 0 radical (unpaired) electrons. The first-order valence-electron chi connectivity index (χ1n) is 17.1. The summed E-state index contributed by atoms with van der Waals surface area (Å²) < 4.78 is 41.5. The van der Waals surface area contributed by atoms with E-state index in [1.807, 2.05) is 54.6 Å². The van der Waals surface area contributed by atoms with Gasteiger partial charge < -0.3 is 33.2 Å². The van der Waals surface area contributed by atoms with Gasteiger partial charge in [-0.05, 0) is 69.1 Å². The SMILES string of the molecule is C=C1C[C@H](C)C[C@@H]2CC=C[C@@H](C/C=C/C(=O)OC([C@H](/C=C/[C@@H]3CC(C)=CCO3)OCc3ccc(OC)cc3)C/C=C/[C@@H](OCOC)C1)O2. The molecule has 8 nitrogen and oxygen atoms in total. The number of ether oxygens (including phenoxy) is 7. The predicted molar refractivity (Wildman–Crippen MR) is 188 cm³/mol. The number of methoxy groups -OCH3 is 2. The van der Waals surface area contributed by atoms with Crippen LogP contribution in [0.3, 0.4) is 0 Å². The van der Waals surface area contributed by atoms with Crippen LogP contribution in [0.15, 0.2) is 96.7 Å². The summed E-state index contributed by atoms with van der Waals surface area (Å²) >= 11 is 0. The highest BCUT2D eigenvalue weighted by Crippen LogP contribution is 2.27. The lowest BCUT2D eigenvalue weighted by molar-refractivity contribution is -0.149. The van der Waals surface area contributed by atoms with Gasteiger partial charge in [0.25, 0.3) is 0 Å². The normalized spacial score (nSPS) is 29.7. The van der Waals surface area contributed by atoms with Crippen LogP contribution in [0.5, 0.6) is 5.75 Å². The summed E-state index contributed by atoms with van der Waals surface area (Å²) in [7, 11) is 3.25. The molecule has 0 saturated carbocycles. The van der Waals surface area contributed by atoms with Crippen molar-refractivity contribution in [1.29, 1.82) is 0 Å². The Hall–Kier alpha value is -3.27. The van der Waals surface area contributed by atoms with E-state index in [0.717, 1.165) is 42.6 Å². The van der Waals surface area contributed by atoms with Crippen molar-refractivity contribution >= 4 is 5.97 Å². The summed E-state index contributed by atoms with van der Waals surface area (Å²) in [5, 5.41) is 0. The lowest BCUT2D eigenvalue weighted by Gasteiger charge is -2.28. The molecule has 0 aromatic heterocycles.